The summed E-state index contributed by atoms with van der Waals surface area (Å²) >= 11 is 0. The van der Waals surface area contributed by atoms with Crippen LogP contribution < -0.4 is 0 Å². The topological polar surface area (TPSA) is 131 Å². The van der Waals surface area contributed by atoms with Gasteiger partial charge in [0.05, 0.1) is 68.0 Å². The Bertz CT molecular complexity index is 10300. The molecule has 0 aliphatic rings. The Morgan fingerprint density at radius 2 is 0.403 bits per heavy atom. The van der Waals surface area contributed by atoms with Crippen molar-refractivity contribution in [2.24, 2.45) is 0 Å². The van der Waals surface area contributed by atoms with E-state index in [0.29, 0.717) is 62.5 Å². The first-order valence-corrected chi connectivity index (χ1v) is 45.7. The second kappa shape index (κ2) is 34.3. The van der Waals surface area contributed by atoms with E-state index in [1.807, 2.05) is 72.8 Å². The fraction of sp³-hybridized carbons (Fsp3) is 0. The molecular formula is C127H80N12. The van der Waals surface area contributed by atoms with E-state index in [-0.39, 0.29) is 44.8 Å². The maximum absolute atomic E-state index is 9.00. The largest absolute Gasteiger partial charge is 0.309 e. The lowest BCUT2D eigenvalue weighted by Crippen LogP contribution is -2.02. The number of nitrogens with zero attached hydrogens (tertiary/aromatic N) is 12. The second-order valence-electron chi connectivity index (χ2n) is 34.1. The SMILES string of the molecule is [2H]c1c([2H])c([2H])c(-c2nc(-c3ccc4ccccc4c3)nc(-c3ccc(-n4c5c([2H])c([2H])c([2H])c([2H])c5c5c([2H])c([2H])c([2H])c([2H])c54)c4ccccc34)n2)c([2H])c1[2H].c1ccc(-c2nc(-c3ccc4ccccc4c3)nc(-c3cccc4c(-n5c6ccccc6c6ccccc65)cccc34)n2)cc1.c1ccc2cc(-c3nc(-c4ccc5ccccc5c4)nc(-c4ccc(-n5c6ccccc6c6ccccc65)c5ccccc45)n3)ccc2c1. The third-order valence-corrected chi connectivity index (χ3v) is 26.0. The Morgan fingerprint density at radius 3 is 0.784 bits per heavy atom. The summed E-state index contributed by atoms with van der Waals surface area (Å²) in [4.78, 5) is 44.9. The normalized spacial score (nSPS) is 12.9. The van der Waals surface area contributed by atoms with E-state index in [1.54, 1.807) is 36.4 Å². The zero-order valence-electron chi connectivity index (χ0n) is 87.0. The van der Waals surface area contributed by atoms with E-state index in [9.17, 15) is 0 Å². The standard InChI is InChI=1S/C45H28N4.2C41H26N4/c1-3-13-31-27-33(23-21-29(31)11-1)43-46-44(34-24-22-30-12-2-4-14-32(30)28-34)48-45(47-43)39-25-26-42(36-16-6-5-15-35(36)39)49-40-19-9-7-17-37(40)38-18-8-10-20-41(38)49;1-2-13-28(14-3-1)39-42-40(30-25-24-27-12-4-5-15-29(27)26-30)44-41(43-39)35-20-10-19-32-31(35)18-11-23-38(32)45-36-21-8-6-16-33(36)34-17-7-9-22-37(34)45;1-2-13-28(14-3-1)39-42-40(30-23-22-27-12-4-5-15-29(27)26-30)44-41(43-39)35-24-25-38(32-17-7-6-16-31(32)35)45-36-20-10-8-18-33(36)34-19-9-11-21-37(34)45/h1-28H;2*1-26H/i;;1D,2D,3D,8D,9D,10D,11D,13D,14D,18D,19D,20D,21D. The van der Waals surface area contributed by atoms with E-state index in [4.69, 9.17) is 57.7 Å². The molecule has 6 heterocycles. The highest BCUT2D eigenvalue weighted by Gasteiger charge is 2.25. The van der Waals surface area contributed by atoms with Crippen LogP contribution in [0, 0.1) is 0 Å². The second-order valence-corrected chi connectivity index (χ2v) is 34.1. The maximum atomic E-state index is 9.00. The monoisotopic (exact) mass is 1790 g/mol. The Hall–Kier alpha value is -18.9. The number of hydrogen-bond donors (Lipinski definition) is 0. The predicted octanol–water partition coefficient (Wildman–Crippen LogP) is 32.0. The fourth-order valence-corrected chi connectivity index (χ4v) is 19.6. The van der Waals surface area contributed by atoms with Gasteiger partial charge in [0.25, 0.3) is 0 Å². The van der Waals surface area contributed by atoms with Crippen molar-refractivity contribution in [1.82, 2.24) is 58.6 Å². The van der Waals surface area contributed by atoms with Gasteiger partial charge in [0.1, 0.15) is 0 Å². The first-order chi connectivity index (χ1) is 74.3. The molecule has 0 amide bonds. The molecule has 139 heavy (non-hydrogen) atoms. The van der Waals surface area contributed by atoms with Gasteiger partial charge in [-0.1, -0.05) is 394 Å². The zero-order chi connectivity index (χ0) is 103. The number of fused-ring (bicyclic) bond motifs is 16. The lowest BCUT2D eigenvalue weighted by molar-refractivity contribution is 1.08. The maximum Gasteiger partial charge on any atom is 0.164 e. The van der Waals surface area contributed by atoms with Gasteiger partial charge >= 0.3 is 0 Å². The quantitative estimate of drug-likeness (QED) is 0.117. The smallest absolute Gasteiger partial charge is 0.164 e. The van der Waals surface area contributed by atoms with Crippen molar-refractivity contribution in [3.63, 3.8) is 0 Å². The van der Waals surface area contributed by atoms with Crippen LogP contribution in [0.15, 0.2) is 485 Å². The molecule has 28 aromatic rings. The van der Waals surface area contributed by atoms with Gasteiger partial charge in [-0.3, -0.25) is 0 Å². The lowest BCUT2D eigenvalue weighted by atomic mass is 10.0. The van der Waals surface area contributed by atoms with Crippen LogP contribution in [0.3, 0.4) is 0 Å². The molecule has 12 heteroatoms. The molecular weight excluding hydrogens is 1690 g/mol. The number of rotatable bonds is 12. The summed E-state index contributed by atoms with van der Waals surface area (Å²) in [6.07, 6.45) is 0. The van der Waals surface area contributed by atoms with Crippen LogP contribution in [-0.4, -0.2) is 58.6 Å². The number of para-hydroxylation sites is 6. The Morgan fingerprint density at radius 1 is 0.144 bits per heavy atom. The highest BCUT2D eigenvalue weighted by Crippen LogP contribution is 2.44. The molecule has 0 saturated carbocycles. The van der Waals surface area contributed by atoms with Crippen LogP contribution in [0.4, 0.5) is 0 Å². The van der Waals surface area contributed by atoms with Crippen molar-refractivity contribution in [3.05, 3.63) is 485 Å². The fourth-order valence-electron chi connectivity index (χ4n) is 19.6. The third kappa shape index (κ3) is 14.5. The number of aromatic nitrogens is 12. The van der Waals surface area contributed by atoms with Crippen molar-refractivity contribution in [1.29, 1.82) is 0 Å². The van der Waals surface area contributed by atoms with Crippen molar-refractivity contribution in [2.45, 2.75) is 0 Å². The highest BCUT2D eigenvalue weighted by atomic mass is 15.1. The van der Waals surface area contributed by atoms with Crippen molar-refractivity contribution in [3.8, 4) is 120 Å². The van der Waals surface area contributed by atoms with Crippen LogP contribution in [-0.2, 0) is 0 Å². The molecule has 648 valence electrons. The Balaban J connectivity index is 0.000000115. The van der Waals surface area contributed by atoms with Gasteiger partial charge in [-0.05, 0) is 150 Å². The molecule has 0 unspecified atom stereocenters. The van der Waals surface area contributed by atoms with Crippen molar-refractivity contribution in [2.75, 3.05) is 0 Å². The summed E-state index contributed by atoms with van der Waals surface area (Å²) in [5.41, 5.74) is 13.8. The Kier molecular flexibility index (Phi) is 16.8. The van der Waals surface area contributed by atoms with Gasteiger partial charge in [-0.25, -0.2) is 44.9 Å². The summed E-state index contributed by atoms with van der Waals surface area (Å²) in [7, 11) is 0. The highest BCUT2D eigenvalue weighted by molar-refractivity contribution is 6.15. The molecule has 0 aliphatic heterocycles. The van der Waals surface area contributed by atoms with E-state index in [1.165, 1.54) is 64.3 Å². The van der Waals surface area contributed by atoms with Gasteiger partial charge < -0.3 is 13.7 Å². The van der Waals surface area contributed by atoms with E-state index in [0.717, 1.165) is 93.2 Å². The zero-order valence-corrected chi connectivity index (χ0v) is 74.0. The molecule has 0 radical (unpaired) electrons. The van der Waals surface area contributed by atoms with E-state index >= 15 is 0 Å². The minimum atomic E-state index is -0.566. The first-order valence-electron chi connectivity index (χ1n) is 52.2. The summed E-state index contributed by atoms with van der Waals surface area (Å²) in [6.45, 7) is 0. The summed E-state index contributed by atoms with van der Waals surface area (Å²) in [6, 6.07) is 132. The van der Waals surface area contributed by atoms with E-state index in [2.05, 4.69) is 311 Å². The minimum Gasteiger partial charge on any atom is -0.309 e. The average molecular weight is 1790 g/mol. The van der Waals surface area contributed by atoms with Crippen LogP contribution in [0.5, 0.6) is 0 Å². The van der Waals surface area contributed by atoms with Gasteiger partial charge in [0.15, 0.2) is 52.4 Å². The predicted molar refractivity (Wildman–Crippen MR) is 574 cm³/mol. The molecule has 6 aromatic heterocycles. The first kappa shape index (κ1) is 68.1. The molecule has 22 aromatic carbocycles. The van der Waals surface area contributed by atoms with Crippen molar-refractivity contribution < 1.29 is 17.8 Å². The van der Waals surface area contributed by atoms with Crippen LogP contribution >= 0.6 is 0 Å². The van der Waals surface area contributed by atoms with Crippen LogP contribution in [0.1, 0.15) is 17.8 Å². The molecule has 0 fully saturated rings. The number of hydrogen-bond acceptors (Lipinski definition) is 9. The molecule has 28 rings (SSSR count). The van der Waals surface area contributed by atoms with Gasteiger partial charge in [-0.15, -0.1) is 0 Å². The minimum absolute atomic E-state index is 0.0341. The molecule has 0 saturated heterocycles. The third-order valence-electron chi connectivity index (χ3n) is 26.0. The Labute approximate surface area is 817 Å². The summed E-state index contributed by atoms with van der Waals surface area (Å²) in [5.74, 6) is 3.99. The lowest BCUT2D eigenvalue weighted by Gasteiger charge is -2.15. The van der Waals surface area contributed by atoms with Gasteiger partial charge in [0, 0.05) is 98.5 Å². The molecule has 0 N–H and O–H groups in total. The van der Waals surface area contributed by atoms with E-state index < -0.39 is 78.6 Å². The molecule has 0 bridgehead atoms. The molecule has 0 spiro atoms. The van der Waals surface area contributed by atoms with Crippen LogP contribution in [0.25, 0.3) is 260 Å². The number of benzene rings is 22. The van der Waals surface area contributed by atoms with Crippen LogP contribution in [0.2, 0.25) is 0 Å². The summed E-state index contributed by atoms with van der Waals surface area (Å²) in [5, 5.41) is 19.2. The van der Waals surface area contributed by atoms with Crippen molar-refractivity contribution >= 4 is 141 Å². The van der Waals surface area contributed by atoms with Gasteiger partial charge in [-0.2, -0.15) is 0 Å². The molecule has 0 aliphatic carbocycles. The van der Waals surface area contributed by atoms with Gasteiger partial charge in [0.2, 0.25) is 0 Å². The summed E-state index contributed by atoms with van der Waals surface area (Å²) < 4.78 is 118. The molecule has 0 atom stereocenters. The molecule has 12 nitrogen and oxygen atoms in total. The average Bonchev–Trinajstić information content (AvgIpc) is 1.53.